The Morgan fingerprint density at radius 1 is 1.55 bits per heavy atom. The van der Waals surface area contributed by atoms with Gasteiger partial charge in [0.25, 0.3) is 0 Å². The van der Waals surface area contributed by atoms with Crippen LogP contribution in [0.4, 0.5) is 0 Å². The molecule has 0 bridgehead atoms. The van der Waals surface area contributed by atoms with Gasteiger partial charge in [0.2, 0.25) is 0 Å². The third kappa shape index (κ3) is 2.25. The highest BCUT2D eigenvalue weighted by Gasteiger charge is 1.96. The Morgan fingerprint density at radius 2 is 2.27 bits per heavy atom. The summed E-state index contributed by atoms with van der Waals surface area (Å²) in [6.07, 6.45) is 1.09. The first-order chi connectivity index (χ1) is 5.18. The van der Waals surface area contributed by atoms with Crippen molar-refractivity contribution in [2.75, 3.05) is 0 Å². The molecule has 0 aliphatic carbocycles. The Morgan fingerprint density at radius 3 is 2.73 bits per heavy atom. The lowest BCUT2D eigenvalue weighted by atomic mass is 10.5. The molecule has 11 heavy (non-hydrogen) atoms. The lowest BCUT2D eigenvalue weighted by Gasteiger charge is -1.96. The van der Waals surface area contributed by atoms with Crippen LogP contribution < -0.4 is 10.4 Å². The van der Waals surface area contributed by atoms with Gasteiger partial charge in [0.05, 0.1) is 0 Å². The van der Waals surface area contributed by atoms with Crippen molar-refractivity contribution in [1.29, 1.82) is 0 Å². The molecule has 0 aromatic carbocycles. The normalized spacial score (nSPS) is 9.18. The van der Waals surface area contributed by atoms with Crippen LogP contribution in [0.5, 0.6) is 5.75 Å². The van der Waals surface area contributed by atoms with Crippen LogP contribution in [0.15, 0.2) is 27.6 Å². The molecule has 1 aromatic rings. The van der Waals surface area contributed by atoms with Gasteiger partial charge in [-0.1, -0.05) is 0 Å². The highest BCUT2D eigenvalue weighted by atomic mass is 16.5. The van der Waals surface area contributed by atoms with Gasteiger partial charge in [0.15, 0.2) is 5.75 Å². The molecule has 0 atom stereocenters. The molecule has 4 heteroatoms. The van der Waals surface area contributed by atoms with Crippen LogP contribution in [0.2, 0.25) is 0 Å². The standard InChI is InChI=1S/C7H6O4/c1-5(8)11-6-2-3-7(9)10-4-6/h2-4H,1H3. The van der Waals surface area contributed by atoms with E-state index in [9.17, 15) is 9.59 Å². The summed E-state index contributed by atoms with van der Waals surface area (Å²) in [4.78, 5) is 20.8. The fraction of sp³-hybridized carbons (Fsp3) is 0.143. The maximum absolute atomic E-state index is 10.4. The molecule has 0 radical (unpaired) electrons. The molecule has 0 fully saturated rings. The van der Waals surface area contributed by atoms with Crippen LogP contribution in [-0.2, 0) is 4.79 Å². The maximum Gasteiger partial charge on any atom is 0.335 e. The van der Waals surface area contributed by atoms with Gasteiger partial charge in [-0.2, -0.15) is 0 Å². The molecular formula is C7H6O4. The maximum atomic E-state index is 10.4. The average Bonchev–Trinajstić information content (AvgIpc) is 1.93. The number of carbonyl (C=O) groups is 1. The van der Waals surface area contributed by atoms with E-state index in [4.69, 9.17) is 0 Å². The number of carbonyl (C=O) groups excluding carboxylic acids is 1. The van der Waals surface area contributed by atoms with Crippen molar-refractivity contribution in [3.05, 3.63) is 28.8 Å². The van der Waals surface area contributed by atoms with Crippen molar-refractivity contribution >= 4 is 5.97 Å². The summed E-state index contributed by atoms with van der Waals surface area (Å²) < 4.78 is 9.02. The first kappa shape index (κ1) is 7.53. The molecular weight excluding hydrogens is 148 g/mol. The molecule has 4 nitrogen and oxygen atoms in total. The highest BCUT2D eigenvalue weighted by molar-refractivity contribution is 5.68. The van der Waals surface area contributed by atoms with Gasteiger partial charge in [-0.3, -0.25) is 4.79 Å². The van der Waals surface area contributed by atoms with Crippen molar-refractivity contribution in [2.24, 2.45) is 0 Å². The zero-order valence-corrected chi connectivity index (χ0v) is 5.87. The van der Waals surface area contributed by atoms with E-state index in [0.717, 1.165) is 6.26 Å². The van der Waals surface area contributed by atoms with Crippen LogP contribution in [0.1, 0.15) is 6.92 Å². The number of ether oxygens (including phenoxy) is 1. The van der Waals surface area contributed by atoms with Gasteiger partial charge in [-0.05, 0) is 6.07 Å². The molecule has 0 saturated carbocycles. The summed E-state index contributed by atoms with van der Waals surface area (Å²) in [6.45, 7) is 1.27. The van der Waals surface area contributed by atoms with E-state index in [1.807, 2.05) is 0 Å². The van der Waals surface area contributed by atoms with Crippen LogP contribution in [0, 0.1) is 0 Å². The summed E-state index contributed by atoms with van der Waals surface area (Å²) in [7, 11) is 0. The smallest absolute Gasteiger partial charge is 0.335 e. The molecule has 0 spiro atoms. The first-order valence-electron chi connectivity index (χ1n) is 2.96. The molecule has 58 valence electrons. The fourth-order valence-corrected chi connectivity index (χ4v) is 0.569. The second kappa shape index (κ2) is 3.01. The third-order valence-corrected chi connectivity index (χ3v) is 0.936. The number of hydrogen-bond acceptors (Lipinski definition) is 4. The monoisotopic (exact) mass is 154 g/mol. The molecule has 0 aliphatic heterocycles. The molecule has 0 N–H and O–H groups in total. The Hall–Kier alpha value is -1.58. The second-order valence-corrected chi connectivity index (χ2v) is 1.88. The minimum Gasteiger partial charge on any atom is -0.427 e. The van der Waals surface area contributed by atoms with Crippen molar-refractivity contribution < 1.29 is 13.9 Å². The predicted molar refractivity (Wildman–Crippen MR) is 36.3 cm³/mol. The van der Waals surface area contributed by atoms with Crippen LogP contribution in [0.3, 0.4) is 0 Å². The molecule has 1 rings (SSSR count). The van der Waals surface area contributed by atoms with E-state index < -0.39 is 11.6 Å². The second-order valence-electron chi connectivity index (χ2n) is 1.88. The van der Waals surface area contributed by atoms with Crippen molar-refractivity contribution in [3.8, 4) is 5.75 Å². The molecule has 0 aliphatic rings. The van der Waals surface area contributed by atoms with Crippen LogP contribution in [-0.4, -0.2) is 5.97 Å². The molecule has 1 aromatic heterocycles. The molecule has 0 saturated heterocycles. The minimum atomic E-state index is -0.471. The summed E-state index contributed by atoms with van der Waals surface area (Å²) in [5.74, 6) is -0.212. The third-order valence-electron chi connectivity index (χ3n) is 0.936. The van der Waals surface area contributed by atoms with Gasteiger partial charge >= 0.3 is 11.6 Å². The highest BCUT2D eigenvalue weighted by Crippen LogP contribution is 2.05. The Balaban J connectivity index is 2.82. The Labute approximate surface area is 62.4 Å². The van der Waals surface area contributed by atoms with E-state index in [0.29, 0.717) is 0 Å². The van der Waals surface area contributed by atoms with Gasteiger partial charge in [0, 0.05) is 13.0 Å². The summed E-state index contributed by atoms with van der Waals surface area (Å²) in [5, 5.41) is 0. The van der Waals surface area contributed by atoms with E-state index in [2.05, 4.69) is 9.15 Å². The first-order valence-corrected chi connectivity index (χ1v) is 2.96. The van der Waals surface area contributed by atoms with Gasteiger partial charge in [-0.15, -0.1) is 0 Å². The van der Waals surface area contributed by atoms with Crippen LogP contribution in [0.25, 0.3) is 0 Å². The predicted octanol–water partition coefficient (Wildman–Crippen LogP) is 0.565. The topological polar surface area (TPSA) is 56.5 Å². The molecule has 0 amide bonds. The quantitative estimate of drug-likeness (QED) is 0.554. The summed E-state index contributed by atoms with van der Waals surface area (Å²) in [5.41, 5.74) is -0.471. The van der Waals surface area contributed by atoms with Gasteiger partial charge in [-0.25, -0.2) is 4.79 Å². The van der Waals surface area contributed by atoms with Gasteiger partial charge < -0.3 is 9.15 Å². The number of rotatable bonds is 1. The van der Waals surface area contributed by atoms with Crippen molar-refractivity contribution in [1.82, 2.24) is 0 Å². The minimum absolute atomic E-state index is 0.233. The summed E-state index contributed by atoms with van der Waals surface area (Å²) in [6, 6.07) is 2.55. The Bertz CT molecular complexity index is 292. The van der Waals surface area contributed by atoms with E-state index in [1.165, 1.54) is 19.1 Å². The SMILES string of the molecule is CC(=O)Oc1ccc(=O)oc1. The Kier molecular flexibility index (Phi) is 2.06. The fourth-order valence-electron chi connectivity index (χ4n) is 0.569. The zero-order valence-electron chi connectivity index (χ0n) is 5.87. The average molecular weight is 154 g/mol. The number of esters is 1. The molecule has 0 unspecified atom stereocenters. The van der Waals surface area contributed by atoms with Crippen molar-refractivity contribution in [2.45, 2.75) is 6.92 Å². The number of hydrogen-bond donors (Lipinski definition) is 0. The largest absolute Gasteiger partial charge is 0.427 e. The zero-order chi connectivity index (χ0) is 8.27. The van der Waals surface area contributed by atoms with Crippen molar-refractivity contribution in [3.63, 3.8) is 0 Å². The van der Waals surface area contributed by atoms with E-state index in [1.54, 1.807) is 0 Å². The summed E-state index contributed by atoms with van der Waals surface area (Å²) >= 11 is 0. The van der Waals surface area contributed by atoms with E-state index in [-0.39, 0.29) is 5.75 Å². The van der Waals surface area contributed by atoms with E-state index >= 15 is 0 Å². The van der Waals surface area contributed by atoms with Crippen LogP contribution >= 0.6 is 0 Å². The van der Waals surface area contributed by atoms with Gasteiger partial charge in [0.1, 0.15) is 6.26 Å². The lowest BCUT2D eigenvalue weighted by molar-refractivity contribution is -0.132. The molecule has 1 heterocycles. The lowest BCUT2D eigenvalue weighted by Crippen LogP contribution is -2.02.